The summed E-state index contributed by atoms with van der Waals surface area (Å²) < 4.78 is 116. The van der Waals surface area contributed by atoms with Crippen molar-refractivity contribution >= 4 is 40.2 Å². The lowest BCUT2D eigenvalue weighted by Gasteiger charge is -2.33. The van der Waals surface area contributed by atoms with Crippen LogP contribution in [0, 0.1) is 35.0 Å². The lowest BCUT2D eigenvalue weighted by atomic mass is 10.0. The summed E-state index contributed by atoms with van der Waals surface area (Å²) in [4.78, 5) is 58.8. The first-order valence-electron chi connectivity index (χ1n) is 15.4. The summed E-state index contributed by atoms with van der Waals surface area (Å²) in [6.07, 6.45) is -3.97. The minimum atomic E-state index is -5.31. The molecule has 0 radical (unpaired) electrons. The maximum Gasteiger partial charge on any atom is 0.450 e. The zero-order valence-electron chi connectivity index (χ0n) is 26.0. The molecule has 268 valence electrons. The van der Waals surface area contributed by atoms with E-state index in [1.165, 1.54) is 9.58 Å². The Bertz CT molecular complexity index is 2060. The molecule has 1 unspecified atom stereocenters. The Morgan fingerprint density at radius 2 is 1.61 bits per heavy atom. The lowest BCUT2D eigenvalue weighted by Crippen LogP contribution is -2.41. The van der Waals surface area contributed by atoms with Gasteiger partial charge in [0.05, 0.1) is 24.3 Å². The van der Waals surface area contributed by atoms with E-state index in [9.17, 15) is 49.9 Å². The van der Waals surface area contributed by atoms with Gasteiger partial charge in [0.1, 0.15) is 35.2 Å². The maximum atomic E-state index is 15.8. The zero-order valence-corrected chi connectivity index (χ0v) is 26.0. The van der Waals surface area contributed by atoms with Gasteiger partial charge in [0.2, 0.25) is 35.0 Å². The Balaban J connectivity index is 1.38. The van der Waals surface area contributed by atoms with Gasteiger partial charge in [-0.05, 0) is 37.8 Å². The monoisotopic (exact) mass is 724 g/mol. The van der Waals surface area contributed by atoms with E-state index in [2.05, 4.69) is 20.4 Å². The largest absolute Gasteiger partial charge is 0.451 e. The Labute approximate surface area is 281 Å². The SMILES string of the molecule is O=C(CC(=O)C(F)(F)F)Nc1ncnc2c1c(-c1ccc(Oc3c(F)c(F)cc(F)c3F)cc1F)nn2C1CCCN(C(=O)CC(=O)C2CC2)C1. The van der Waals surface area contributed by atoms with Gasteiger partial charge in [-0.2, -0.15) is 27.1 Å². The number of nitrogens with zero attached hydrogens (tertiary/aromatic N) is 5. The number of hydrogen-bond acceptors (Lipinski definition) is 8. The van der Waals surface area contributed by atoms with Crippen molar-refractivity contribution in [2.45, 2.75) is 50.7 Å². The van der Waals surface area contributed by atoms with E-state index in [1.54, 1.807) is 0 Å². The number of fused-ring (bicyclic) bond motifs is 1. The topological polar surface area (TPSA) is 136 Å². The summed E-state index contributed by atoms with van der Waals surface area (Å²) in [6, 6.07) is 1.87. The number of carbonyl (C=O) groups excluding carboxylic acids is 4. The average Bonchev–Trinajstić information content (AvgIpc) is 3.86. The fourth-order valence-electron chi connectivity index (χ4n) is 5.63. The van der Waals surface area contributed by atoms with Crippen molar-refractivity contribution in [1.29, 1.82) is 0 Å². The number of aromatic nitrogens is 4. The van der Waals surface area contributed by atoms with Gasteiger partial charge in [0.15, 0.2) is 17.3 Å². The van der Waals surface area contributed by atoms with Crippen LogP contribution in [-0.2, 0) is 19.2 Å². The van der Waals surface area contributed by atoms with Gasteiger partial charge in [-0.25, -0.2) is 27.8 Å². The summed E-state index contributed by atoms with van der Waals surface area (Å²) in [7, 11) is 0. The molecule has 6 rings (SSSR count). The van der Waals surface area contributed by atoms with E-state index < -0.39 is 82.6 Å². The molecule has 0 spiro atoms. The quantitative estimate of drug-likeness (QED) is 0.120. The first-order valence-corrected chi connectivity index (χ1v) is 15.4. The average molecular weight is 725 g/mol. The molecule has 0 bridgehead atoms. The van der Waals surface area contributed by atoms with Gasteiger partial charge < -0.3 is 15.0 Å². The second-order valence-electron chi connectivity index (χ2n) is 12.0. The van der Waals surface area contributed by atoms with Crippen LogP contribution in [0.15, 0.2) is 30.6 Å². The van der Waals surface area contributed by atoms with Gasteiger partial charge in [0.25, 0.3) is 0 Å². The number of anilines is 1. The highest BCUT2D eigenvalue weighted by Gasteiger charge is 2.39. The Kier molecular flexibility index (Phi) is 9.47. The van der Waals surface area contributed by atoms with Crippen LogP contribution in [-0.4, -0.2) is 67.3 Å². The van der Waals surface area contributed by atoms with Crippen LogP contribution in [0.25, 0.3) is 22.3 Å². The highest BCUT2D eigenvalue weighted by molar-refractivity contribution is 6.10. The number of benzene rings is 2. The molecule has 1 aliphatic heterocycles. The number of hydrogen-bond donors (Lipinski definition) is 1. The highest BCUT2D eigenvalue weighted by Crippen LogP contribution is 2.39. The third kappa shape index (κ3) is 7.36. The predicted molar refractivity (Wildman–Crippen MR) is 159 cm³/mol. The van der Waals surface area contributed by atoms with E-state index in [-0.39, 0.29) is 53.0 Å². The minimum absolute atomic E-state index is 0.0371. The molecule has 1 aliphatic carbocycles. The predicted octanol–water partition coefficient (Wildman–Crippen LogP) is 5.97. The number of ether oxygens (including phenoxy) is 1. The van der Waals surface area contributed by atoms with E-state index >= 15 is 4.39 Å². The molecule has 3 heterocycles. The Morgan fingerprint density at radius 3 is 2.25 bits per heavy atom. The summed E-state index contributed by atoms with van der Waals surface area (Å²) in [5.41, 5.74) is -0.744. The number of alkyl halides is 3. The maximum absolute atomic E-state index is 15.8. The number of Topliss-reactive ketones (excluding diaryl/α,β-unsaturated/α-hetero) is 2. The Morgan fingerprint density at radius 1 is 0.902 bits per heavy atom. The normalized spacial score (nSPS) is 16.3. The van der Waals surface area contributed by atoms with Crippen LogP contribution in [0.5, 0.6) is 11.5 Å². The molecule has 2 fully saturated rings. The molecule has 2 aliphatic rings. The van der Waals surface area contributed by atoms with E-state index in [4.69, 9.17) is 4.74 Å². The van der Waals surface area contributed by atoms with Gasteiger partial charge in [0, 0.05) is 36.7 Å². The molecular weight excluding hydrogens is 700 g/mol. The summed E-state index contributed by atoms with van der Waals surface area (Å²) in [5, 5.41) is 6.38. The smallest absolute Gasteiger partial charge is 0.450 e. The van der Waals surface area contributed by atoms with Crippen LogP contribution < -0.4 is 10.1 Å². The van der Waals surface area contributed by atoms with Gasteiger partial charge in [-0.1, -0.05) is 0 Å². The number of amides is 2. The number of nitrogens with one attached hydrogen (secondary N) is 1. The molecule has 19 heteroatoms. The molecule has 2 aromatic carbocycles. The van der Waals surface area contributed by atoms with Crippen molar-refractivity contribution in [3.8, 4) is 22.8 Å². The Hall–Kier alpha value is -5.49. The highest BCUT2D eigenvalue weighted by atomic mass is 19.4. The second-order valence-corrected chi connectivity index (χ2v) is 12.0. The molecule has 2 amide bonds. The second kappa shape index (κ2) is 13.7. The van der Waals surface area contributed by atoms with Crippen molar-refractivity contribution in [1.82, 2.24) is 24.6 Å². The van der Waals surface area contributed by atoms with Crippen molar-refractivity contribution in [3.63, 3.8) is 0 Å². The van der Waals surface area contributed by atoms with Crippen LogP contribution in [0.3, 0.4) is 0 Å². The third-order valence-electron chi connectivity index (χ3n) is 8.32. The number of halogens is 8. The first kappa shape index (κ1) is 35.3. The third-order valence-corrected chi connectivity index (χ3v) is 8.32. The van der Waals surface area contributed by atoms with Crippen molar-refractivity contribution in [3.05, 3.63) is 59.7 Å². The molecular formula is C32H24F8N6O5. The zero-order chi connectivity index (χ0) is 36.8. The molecule has 2 aromatic heterocycles. The van der Waals surface area contributed by atoms with Gasteiger partial charge >= 0.3 is 6.18 Å². The number of rotatable bonds is 10. The van der Waals surface area contributed by atoms with E-state index in [0.717, 1.165) is 31.3 Å². The molecule has 1 saturated carbocycles. The summed E-state index contributed by atoms with van der Waals surface area (Å²) in [5.74, 6) is -15.5. The number of likely N-dealkylation sites (tertiary alicyclic amines) is 1. The number of ketones is 2. The molecule has 1 atom stereocenters. The molecule has 11 nitrogen and oxygen atoms in total. The van der Waals surface area contributed by atoms with Crippen LogP contribution in [0.1, 0.15) is 44.6 Å². The van der Waals surface area contributed by atoms with Crippen LogP contribution in [0.2, 0.25) is 0 Å². The minimum Gasteiger partial charge on any atom is -0.451 e. The molecule has 1 N–H and O–H groups in total. The first-order chi connectivity index (χ1) is 24.1. The number of piperidine rings is 1. The fourth-order valence-corrected chi connectivity index (χ4v) is 5.63. The van der Waals surface area contributed by atoms with Gasteiger partial charge in [-0.3, -0.25) is 19.2 Å². The summed E-state index contributed by atoms with van der Waals surface area (Å²) in [6.45, 7) is 0.366. The molecule has 51 heavy (non-hydrogen) atoms. The molecule has 1 saturated heterocycles. The lowest BCUT2D eigenvalue weighted by molar-refractivity contribution is -0.171. The number of carbonyl (C=O) groups is 4. The van der Waals surface area contributed by atoms with Crippen LogP contribution in [0.4, 0.5) is 40.9 Å². The van der Waals surface area contributed by atoms with Crippen molar-refractivity contribution in [2.75, 3.05) is 18.4 Å². The fraction of sp³-hybridized carbons (Fsp3) is 0.344. The van der Waals surface area contributed by atoms with Crippen LogP contribution >= 0.6 is 0 Å². The summed E-state index contributed by atoms with van der Waals surface area (Å²) >= 11 is 0. The van der Waals surface area contributed by atoms with Crippen molar-refractivity contribution < 1.29 is 59.0 Å². The van der Waals surface area contributed by atoms with E-state index in [1.807, 2.05) is 0 Å². The van der Waals surface area contributed by atoms with E-state index in [0.29, 0.717) is 25.5 Å². The molecule has 4 aromatic rings. The van der Waals surface area contributed by atoms with Gasteiger partial charge in [-0.15, -0.1) is 0 Å². The van der Waals surface area contributed by atoms with Crippen molar-refractivity contribution in [2.24, 2.45) is 5.92 Å². The standard InChI is InChI=1S/C32H24F8N6O5/c33-18-8-16(51-29-26(36)19(34)9-20(35)27(29)37)5-6-17(18)28-25-30(43-23(49)11-22(48)32(38,39)40)41-13-42-31(25)46(44-28)15-2-1-7-45(12-15)24(50)10-21(47)14-3-4-14/h5-6,8-9,13-15H,1-4,7,10-12H2,(H,41,42,43,49).